The Labute approximate surface area is 240 Å². The zero-order valence-electron chi connectivity index (χ0n) is 22.6. The summed E-state index contributed by atoms with van der Waals surface area (Å²) >= 11 is 3.40. The van der Waals surface area contributed by atoms with Crippen LogP contribution in [0.3, 0.4) is 0 Å². The largest absolute Gasteiger partial charge is 0.460 e. The van der Waals surface area contributed by atoms with Gasteiger partial charge < -0.3 is 39.4 Å². The number of hydrogen-bond acceptors (Lipinski definition) is 12. The van der Waals surface area contributed by atoms with E-state index in [4.69, 9.17) is 18.9 Å². The Morgan fingerprint density at radius 1 is 1.02 bits per heavy atom. The number of halogens is 1. The van der Waals surface area contributed by atoms with E-state index in [-0.39, 0.29) is 32.8 Å². The maximum absolute atomic E-state index is 12.8. The quantitative estimate of drug-likeness (QED) is 0.177. The van der Waals surface area contributed by atoms with Crippen molar-refractivity contribution >= 4 is 27.9 Å². The number of rotatable bonds is 13. The molecule has 1 fully saturated rings. The molecule has 14 heteroatoms. The summed E-state index contributed by atoms with van der Waals surface area (Å²) in [6.07, 6.45) is -5.17. The van der Waals surface area contributed by atoms with Crippen molar-refractivity contribution in [2.45, 2.75) is 82.0 Å². The minimum atomic E-state index is -1.53. The standard InChI is InChI=1S/C26H36BrN3O10/c1-25(2,23(35)38-13-16-7-5-4-6-8-16)15-26(3,27)24(36)39-14-17-11-30(29-28-17)9-10-37-22-21(34)20(33)19(32)18(12-31)40-22/h4-8,11,18-22,31-34H,9-10,12-15H2,1-3H3/t18?,19-,20-,21?,22-,26?/m0/s1. The van der Waals surface area contributed by atoms with Crippen molar-refractivity contribution < 1.29 is 49.0 Å². The number of carbonyl (C=O) groups is 2. The van der Waals surface area contributed by atoms with Gasteiger partial charge in [0, 0.05) is 0 Å². The molecule has 1 aliphatic heterocycles. The number of hydrogen-bond donors (Lipinski definition) is 4. The summed E-state index contributed by atoms with van der Waals surface area (Å²) in [4.78, 5) is 25.5. The SMILES string of the molecule is CC(C)(CC(C)(Br)C(=O)OCc1cn(CCO[C@H]2OC(CO)[C@H](O)[C@H](O)C2O)nn1)C(=O)OCc1ccccc1. The Kier molecular flexibility index (Phi) is 11.2. The first kappa shape index (κ1) is 32.1. The summed E-state index contributed by atoms with van der Waals surface area (Å²) in [6.45, 7) is 4.62. The van der Waals surface area contributed by atoms with Crippen LogP contribution in [0.15, 0.2) is 36.5 Å². The summed E-state index contributed by atoms with van der Waals surface area (Å²) in [5.74, 6) is -1.03. The predicted octanol–water partition coefficient (Wildman–Crippen LogP) is 0.451. The van der Waals surface area contributed by atoms with Crippen LogP contribution in [0, 0.1) is 5.41 Å². The summed E-state index contributed by atoms with van der Waals surface area (Å²) in [5, 5.41) is 46.8. The molecule has 3 unspecified atom stereocenters. The van der Waals surface area contributed by atoms with Gasteiger partial charge in [0.25, 0.3) is 0 Å². The van der Waals surface area contributed by atoms with Gasteiger partial charge in [-0.2, -0.15) is 0 Å². The Bertz CT molecular complexity index is 1110. The van der Waals surface area contributed by atoms with E-state index in [1.165, 1.54) is 4.68 Å². The maximum atomic E-state index is 12.8. The van der Waals surface area contributed by atoms with Crippen LogP contribution in [0.2, 0.25) is 0 Å². The van der Waals surface area contributed by atoms with Crippen molar-refractivity contribution in [3.8, 4) is 0 Å². The smallest absolute Gasteiger partial charge is 0.323 e. The van der Waals surface area contributed by atoms with E-state index in [0.29, 0.717) is 5.69 Å². The maximum Gasteiger partial charge on any atom is 0.323 e. The molecular formula is C26H36BrN3O10. The van der Waals surface area contributed by atoms with Gasteiger partial charge in [-0.3, -0.25) is 9.59 Å². The van der Waals surface area contributed by atoms with Gasteiger partial charge >= 0.3 is 11.9 Å². The average molecular weight is 630 g/mol. The van der Waals surface area contributed by atoms with Crippen LogP contribution in [0.5, 0.6) is 0 Å². The van der Waals surface area contributed by atoms with Gasteiger partial charge in [0.2, 0.25) is 0 Å². The Morgan fingerprint density at radius 3 is 2.38 bits per heavy atom. The van der Waals surface area contributed by atoms with E-state index in [0.717, 1.165) is 5.56 Å². The fraction of sp³-hybridized carbons (Fsp3) is 0.615. The highest BCUT2D eigenvalue weighted by atomic mass is 79.9. The molecule has 1 saturated heterocycles. The lowest BCUT2D eigenvalue weighted by Crippen LogP contribution is -2.59. The topological polar surface area (TPSA) is 183 Å². The van der Waals surface area contributed by atoms with Crippen molar-refractivity contribution in [3.63, 3.8) is 0 Å². The molecule has 1 aromatic heterocycles. The number of carbonyl (C=O) groups excluding carboxylic acids is 2. The van der Waals surface area contributed by atoms with Crippen LogP contribution in [0.1, 0.15) is 38.4 Å². The second-order valence-electron chi connectivity index (χ2n) is 10.4. The molecule has 2 heterocycles. The van der Waals surface area contributed by atoms with Crippen molar-refractivity contribution in [2.24, 2.45) is 5.41 Å². The fourth-order valence-electron chi connectivity index (χ4n) is 4.16. The highest BCUT2D eigenvalue weighted by Crippen LogP contribution is 2.36. The first-order chi connectivity index (χ1) is 18.8. The van der Waals surface area contributed by atoms with Crippen LogP contribution < -0.4 is 0 Å². The third kappa shape index (κ3) is 8.52. The Morgan fingerprint density at radius 2 is 1.70 bits per heavy atom. The molecule has 222 valence electrons. The van der Waals surface area contributed by atoms with Crippen LogP contribution in [0.4, 0.5) is 0 Å². The molecule has 0 aliphatic carbocycles. The number of alkyl halides is 1. The minimum absolute atomic E-state index is 0.000202. The van der Waals surface area contributed by atoms with Crippen LogP contribution in [-0.2, 0) is 48.3 Å². The van der Waals surface area contributed by atoms with E-state index in [2.05, 4.69) is 26.2 Å². The monoisotopic (exact) mass is 629 g/mol. The molecule has 0 amide bonds. The number of aliphatic hydroxyl groups is 4. The molecule has 6 atom stereocenters. The van der Waals surface area contributed by atoms with E-state index in [1.54, 1.807) is 27.0 Å². The van der Waals surface area contributed by atoms with Crippen LogP contribution in [0.25, 0.3) is 0 Å². The molecule has 0 bridgehead atoms. The zero-order chi connectivity index (χ0) is 29.5. The van der Waals surface area contributed by atoms with Gasteiger partial charge in [0.1, 0.15) is 47.6 Å². The van der Waals surface area contributed by atoms with Crippen molar-refractivity contribution in [1.29, 1.82) is 0 Å². The van der Waals surface area contributed by atoms with Crippen molar-refractivity contribution in [2.75, 3.05) is 13.2 Å². The van der Waals surface area contributed by atoms with Crippen molar-refractivity contribution in [3.05, 3.63) is 47.8 Å². The van der Waals surface area contributed by atoms with Crippen LogP contribution in [-0.4, -0.2) is 95.6 Å². The van der Waals surface area contributed by atoms with Gasteiger partial charge in [-0.25, -0.2) is 4.68 Å². The van der Waals surface area contributed by atoms with Gasteiger partial charge in [-0.15, -0.1) is 5.10 Å². The van der Waals surface area contributed by atoms with E-state index < -0.39 is 59.0 Å². The molecule has 0 radical (unpaired) electrons. The van der Waals surface area contributed by atoms with E-state index >= 15 is 0 Å². The first-order valence-corrected chi connectivity index (χ1v) is 13.5. The summed E-state index contributed by atoms with van der Waals surface area (Å²) in [6, 6.07) is 9.30. The molecule has 40 heavy (non-hydrogen) atoms. The number of aliphatic hydroxyl groups excluding tert-OH is 4. The number of esters is 2. The lowest BCUT2D eigenvalue weighted by molar-refractivity contribution is -0.301. The lowest BCUT2D eigenvalue weighted by Gasteiger charge is -2.39. The molecule has 0 spiro atoms. The molecule has 13 nitrogen and oxygen atoms in total. The van der Waals surface area contributed by atoms with Gasteiger partial charge in [0.05, 0.1) is 31.4 Å². The van der Waals surface area contributed by atoms with E-state index in [9.17, 15) is 30.0 Å². The molecule has 1 aromatic carbocycles. The van der Waals surface area contributed by atoms with Crippen LogP contribution >= 0.6 is 15.9 Å². The third-order valence-corrected chi connectivity index (χ3v) is 6.96. The molecule has 1 aliphatic rings. The van der Waals surface area contributed by atoms with Gasteiger partial charge in [-0.1, -0.05) is 51.5 Å². The fourth-order valence-corrected chi connectivity index (χ4v) is 4.98. The number of ether oxygens (including phenoxy) is 4. The summed E-state index contributed by atoms with van der Waals surface area (Å²) in [7, 11) is 0. The predicted molar refractivity (Wildman–Crippen MR) is 142 cm³/mol. The van der Waals surface area contributed by atoms with Gasteiger partial charge in [0.15, 0.2) is 6.29 Å². The van der Waals surface area contributed by atoms with Crippen molar-refractivity contribution in [1.82, 2.24) is 15.0 Å². The average Bonchev–Trinajstić information content (AvgIpc) is 3.37. The van der Waals surface area contributed by atoms with Gasteiger partial charge in [-0.05, 0) is 32.8 Å². The normalized spacial score (nSPS) is 24.8. The first-order valence-electron chi connectivity index (χ1n) is 12.7. The second kappa shape index (κ2) is 13.9. The second-order valence-corrected chi connectivity index (χ2v) is 12.2. The molecule has 3 rings (SSSR count). The number of aromatic nitrogens is 3. The highest BCUT2D eigenvalue weighted by Gasteiger charge is 2.44. The molecule has 2 aromatic rings. The molecular weight excluding hydrogens is 594 g/mol. The summed E-state index contributed by atoms with van der Waals surface area (Å²) < 4.78 is 21.8. The molecule has 0 saturated carbocycles. The third-order valence-electron chi connectivity index (χ3n) is 6.35. The lowest BCUT2D eigenvalue weighted by atomic mass is 9.83. The number of benzene rings is 1. The van der Waals surface area contributed by atoms with E-state index in [1.807, 2.05) is 30.3 Å². The number of nitrogens with zero attached hydrogens (tertiary/aromatic N) is 3. The molecule has 4 N–H and O–H groups in total. The highest BCUT2D eigenvalue weighted by molar-refractivity contribution is 9.10. The minimum Gasteiger partial charge on any atom is -0.460 e. The summed E-state index contributed by atoms with van der Waals surface area (Å²) in [5.41, 5.74) is 0.253. The zero-order valence-corrected chi connectivity index (χ0v) is 24.1. The Hall–Kier alpha value is -2.46. The Balaban J connectivity index is 1.44.